The van der Waals surface area contributed by atoms with Crippen LogP contribution in [0.2, 0.25) is 0 Å². The zero-order valence-corrected chi connectivity index (χ0v) is 18.2. The quantitative estimate of drug-likeness (QED) is 0.380. The Balaban J connectivity index is 1.97. The molecule has 1 unspecified atom stereocenters. The molecular weight excluding hydrogens is 421 g/mol. The molecule has 1 aliphatic heterocycles. The second kappa shape index (κ2) is 10.0. The van der Waals surface area contributed by atoms with E-state index in [2.05, 4.69) is 10.3 Å². The van der Waals surface area contributed by atoms with Crippen molar-refractivity contribution in [3.8, 4) is 0 Å². The number of hydrogen-bond acceptors (Lipinski definition) is 6. The van der Waals surface area contributed by atoms with E-state index in [4.69, 9.17) is 4.74 Å². The van der Waals surface area contributed by atoms with Gasteiger partial charge in [0.15, 0.2) is 5.17 Å². The summed E-state index contributed by atoms with van der Waals surface area (Å²) in [7, 11) is 0. The number of rotatable bonds is 7. The molecule has 2 aromatic rings. The number of nitro benzene ring substituents is 1. The van der Waals surface area contributed by atoms with Gasteiger partial charge in [0.25, 0.3) is 11.6 Å². The Morgan fingerprint density at radius 1 is 1.35 bits per heavy atom. The molecule has 2 atom stereocenters. The van der Waals surface area contributed by atoms with Crippen molar-refractivity contribution in [3.05, 3.63) is 75.6 Å². The van der Waals surface area contributed by atoms with Gasteiger partial charge in [0.2, 0.25) is 0 Å². The summed E-state index contributed by atoms with van der Waals surface area (Å²) in [5.41, 5.74) is -0.937. The molecule has 0 spiro atoms. The topological polar surface area (TPSA) is 93.8 Å². The van der Waals surface area contributed by atoms with Gasteiger partial charge in [-0.05, 0) is 31.5 Å². The van der Waals surface area contributed by atoms with Crippen LogP contribution in [0.15, 0.2) is 53.5 Å². The highest BCUT2D eigenvalue weighted by atomic mass is 32.2. The summed E-state index contributed by atoms with van der Waals surface area (Å²) in [4.78, 5) is 27.9. The number of thioether (sulfide) groups is 1. The molecule has 2 aromatic carbocycles. The van der Waals surface area contributed by atoms with Gasteiger partial charge in [0.1, 0.15) is 11.4 Å². The predicted octanol–water partition coefficient (Wildman–Crippen LogP) is 4.67. The third-order valence-electron chi connectivity index (χ3n) is 5.11. The predicted molar refractivity (Wildman–Crippen MR) is 119 cm³/mol. The summed E-state index contributed by atoms with van der Waals surface area (Å²) < 4.78 is 20.8. The van der Waals surface area contributed by atoms with Crippen LogP contribution >= 0.6 is 11.8 Å². The van der Waals surface area contributed by atoms with Gasteiger partial charge in [-0.1, -0.05) is 43.3 Å². The second-order valence-electron chi connectivity index (χ2n) is 7.33. The number of non-ortho nitro benzene ring substituents is 1. The van der Waals surface area contributed by atoms with Crippen LogP contribution in [-0.2, 0) is 10.3 Å². The molecule has 1 aliphatic rings. The van der Waals surface area contributed by atoms with E-state index < -0.39 is 22.4 Å². The van der Waals surface area contributed by atoms with Gasteiger partial charge in [-0.25, -0.2) is 9.38 Å². The molecule has 31 heavy (non-hydrogen) atoms. The third-order valence-corrected chi connectivity index (χ3v) is 6.05. The van der Waals surface area contributed by atoms with Crippen LogP contribution in [-0.4, -0.2) is 34.5 Å². The average Bonchev–Trinajstić information content (AvgIpc) is 2.76. The number of amides is 1. The molecule has 7 nitrogen and oxygen atoms in total. The minimum Gasteiger partial charge on any atom is -0.374 e. The summed E-state index contributed by atoms with van der Waals surface area (Å²) in [6, 6.07) is 12.1. The fourth-order valence-corrected chi connectivity index (χ4v) is 4.43. The van der Waals surface area contributed by atoms with Crippen LogP contribution in [0.5, 0.6) is 0 Å². The number of unbranched alkanes of at least 4 members (excludes halogenated alkanes) is 1. The highest BCUT2D eigenvalue weighted by Crippen LogP contribution is 2.40. The summed E-state index contributed by atoms with van der Waals surface area (Å²) in [6.07, 6.45) is 1.25. The maximum atomic E-state index is 14.8. The van der Waals surface area contributed by atoms with E-state index in [1.54, 1.807) is 31.2 Å². The van der Waals surface area contributed by atoms with Gasteiger partial charge in [-0.2, -0.15) is 0 Å². The number of carbonyl (C=O) groups is 1. The van der Waals surface area contributed by atoms with Gasteiger partial charge in [0, 0.05) is 35.6 Å². The molecule has 0 aliphatic carbocycles. The van der Waals surface area contributed by atoms with Gasteiger partial charge >= 0.3 is 0 Å². The van der Waals surface area contributed by atoms with Crippen molar-refractivity contribution >= 4 is 28.5 Å². The molecule has 1 amide bonds. The Labute approximate surface area is 184 Å². The van der Waals surface area contributed by atoms with Crippen molar-refractivity contribution < 1.29 is 18.8 Å². The van der Waals surface area contributed by atoms with Gasteiger partial charge in [-0.3, -0.25) is 14.9 Å². The number of hydrogen-bond donors (Lipinski definition) is 1. The minimum atomic E-state index is -1.24. The fourth-order valence-electron chi connectivity index (χ4n) is 3.28. The number of halogens is 1. The van der Waals surface area contributed by atoms with Gasteiger partial charge in [0.05, 0.1) is 11.0 Å². The molecule has 0 bridgehead atoms. The van der Waals surface area contributed by atoms with Crippen molar-refractivity contribution in [3.63, 3.8) is 0 Å². The van der Waals surface area contributed by atoms with E-state index in [1.165, 1.54) is 17.8 Å². The highest BCUT2D eigenvalue weighted by molar-refractivity contribution is 8.14. The molecule has 0 saturated carbocycles. The van der Waals surface area contributed by atoms with Crippen LogP contribution in [0.1, 0.15) is 42.6 Å². The molecule has 0 fully saturated rings. The Kier molecular flexibility index (Phi) is 7.40. The number of carbonyl (C=O) groups excluding carboxylic acids is 1. The smallest absolute Gasteiger partial charge is 0.270 e. The first-order valence-electron chi connectivity index (χ1n) is 10.00. The lowest BCUT2D eigenvalue weighted by Gasteiger charge is -2.38. The van der Waals surface area contributed by atoms with E-state index in [-0.39, 0.29) is 17.2 Å². The van der Waals surface area contributed by atoms with Crippen LogP contribution < -0.4 is 5.32 Å². The number of aliphatic imine (C=N–C) groups is 1. The molecule has 164 valence electrons. The highest BCUT2D eigenvalue weighted by Gasteiger charge is 2.43. The molecule has 0 saturated heterocycles. The number of benzene rings is 2. The Bertz CT molecular complexity index is 986. The van der Waals surface area contributed by atoms with E-state index in [9.17, 15) is 19.3 Å². The molecule has 3 rings (SSSR count). The lowest BCUT2D eigenvalue weighted by Crippen LogP contribution is -2.46. The molecule has 0 aromatic heterocycles. The molecule has 1 N–H and O–H groups in total. The van der Waals surface area contributed by atoms with Crippen molar-refractivity contribution in [2.45, 2.75) is 38.3 Å². The normalized spacial score (nSPS) is 20.7. The Morgan fingerprint density at radius 2 is 2.10 bits per heavy atom. The maximum absolute atomic E-state index is 14.8. The average molecular weight is 446 g/mol. The maximum Gasteiger partial charge on any atom is 0.270 e. The standard InChI is InChI=1S/C22H24FN3O4S/c1-3-4-12-30-19-14-31-21(24-20(27)15-8-6-5-7-9-15)25-22(19,2)17-13-16(26(28)29)10-11-18(17)23/h5-11,13,19H,3-4,12,14H2,1-2H3,(H,24,25,27)/t19?,22-/m1/s1. The van der Waals surface area contributed by atoms with E-state index >= 15 is 0 Å². The summed E-state index contributed by atoms with van der Waals surface area (Å²) in [6.45, 7) is 4.18. The zero-order chi connectivity index (χ0) is 22.4. The van der Waals surface area contributed by atoms with Crippen molar-refractivity contribution in [1.29, 1.82) is 0 Å². The summed E-state index contributed by atoms with van der Waals surface area (Å²) in [5, 5.41) is 14.3. The first-order valence-corrected chi connectivity index (χ1v) is 11.0. The van der Waals surface area contributed by atoms with Crippen LogP contribution in [0.4, 0.5) is 10.1 Å². The monoisotopic (exact) mass is 445 g/mol. The number of ether oxygens (including phenoxy) is 1. The Morgan fingerprint density at radius 3 is 2.77 bits per heavy atom. The first kappa shape index (κ1) is 22.9. The fraction of sp³-hybridized carbons (Fsp3) is 0.364. The molecule has 1 heterocycles. The van der Waals surface area contributed by atoms with Crippen molar-refractivity contribution in [1.82, 2.24) is 5.32 Å². The number of nitro groups is 1. The van der Waals surface area contributed by atoms with E-state index in [0.717, 1.165) is 25.0 Å². The third kappa shape index (κ3) is 5.29. The number of nitrogens with zero attached hydrogens (tertiary/aromatic N) is 2. The number of amidine groups is 1. The first-order chi connectivity index (χ1) is 14.8. The largest absolute Gasteiger partial charge is 0.374 e. The van der Waals surface area contributed by atoms with Crippen LogP contribution in [0.3, 0.4) is 0 Å². The molecule has 0 radical (unpaired) electrons. The van der Waals surface area contributed by atoms with Gasteiger partial charge < -0.3 is 10.1 Å². The lowest BCUT2D eigenvalue weighted by atomic mass is 9.86. The second-order valence-corrected chi connectivity index (χ2v) is 8.34. The lowest BCUT2D eigenvalue weighted by molar-refractivity contribution is -0.385. The molecule has 9 heteroatoms. The van der Waals surface area contributed by atoms with E-state index in [1.807, 2.05) is 13.0 Å². The molecular formula is C22H24FN3O4S. The van der Waals surface area contributed by atoms with Gasteiger partial charge in [-0.15, -0.1) is 0 Å². The zero-order valence-electron chi connectivity index (χ0n) is 17.3. The van der Waals surface area contributed by atoms with Crippen LogP contribution in [0.25, 0.3) is 0 Å². The Hall–Kier alpha value is -2.78. The van der Waals surface area contributed by atoms with E-state index in [0.29, 0.717) is 23.1 Å². The summed E-state index contributed by atoms with van der Waals surface area (Å²) >= 11 is 1.30. The van der Waals surface area contributed by atoms with Crippen molar-refractivity contribution in [2.75, 3.05) is 12.4 Å². The number of nitrogens with one attached hydrogen (secondary N) is 1. The minimum absolute atomic E-state index is 0.0648. The van der Waals surface area contributed by atoms with Crippen molar-refractivity contribution in [2.24, 2.45) is 4.99 Å². The van der Waals surface area contributed by atoms with Crippen LogP contribution in [0, 0.1) is 15.9 Å². The summed E-state index contributed by atoms with van der Waals surface area (Å²) in [5.74, 6) is -0.531. The SMILES string of the molecule is CCCCOC1CSC(NC(=O)c2ccccc2)=N[C@]1(C)c1cc([N+](=O)[O-])ccc1F.